The predicted molar refractivity (Wildman–Crippen MR) is 58.7 cm³/mol. The van der Waals surface area contributed by atoms with Crippen LogP contribution < -0.4 is 5.32 Å². The number of hydrogen-bond acceptors (Lipinski definition) is 3. The fraction of sp³-hybridized carbons (Fsp3) is 0.455. The largest absolute Gasteiger partial charge is 0.317 e. The number of halogens is 1. The minimum Gasteiger partial charge on any atom is -0.317 e. The average molecular weight is 220 g/mol. The molecule has 2 N–H and O–H groups in total. The second kappa shape index (κ2) is 3.83. The van der Waals surface area contributed by atoms with Gasteiger partial charge in [0.15, 0.2) is 5.65 Å². The van der Waals surface area contributed by atoms with E-state index in [1.54, 1.807) is 0 Å². The lowest BCUT2D eigenvalue weighted by Crippen LogP contribution is -2.26. The van der Waals surface area contributed by atoms with Crippen LogP contribution >= 0.6 is 0 Å². The van der Waals surface area contributed by atoms with Crippen molar-refractivity contribution in [1.82, 2.24) is 20.5 Å². The van der Waals surface area contributed by atoms with Crippen molar-refractivity contribution in [3.05, 3.63) is 23.8 Å². The van der Waals surface area contributed by atoms with Crippen LogP contribution in [0, 0.1) is 5.82 Å². The van der Waals surface area contributed by atoms with Gasteiger partial charge in [-0.2, -0.15) is 5.10 Å². The summed E-state index contributed by atoms with van der Waals surface area (Å²) in [6.45, 7) is 2.00. The molecule has 84 valence electrons. The Morgan fingerprint density at radius 1 is 1.31 bits per heavy atom. The summed E-state index contributed by atoms with van der Waals surface area (Å²) < 4.78 is 13.1. The maximum absolute atomic E-state index is 13.1. The van der Waals surface area contributed by atoms with Crippen LogP contribution in [-0.2, 0) is 0 Å². The van der Waals surface area contributed by atoms with Gasteiger partial charge in [-0.05, 0) is 32.0 Å². The molecule has 0 amide bonds. The van der Waals surface area contributed by atoms with Crippen LogP contribution in [0.25, 0.3) is 11.0 Å². The SMILES string of the molecule is Fc1cnc2[nH]nc(C3CCNCC3)c2c1. The summed E-state index contributed by atoms with van der Waals surface area (Å²) in [6, 6.07) is 1.52. The third kappa shape index (κ3) is 1.57. The molecule has 0 spiro atoms. The molecular formula is C11H13FN4. The van der Waals surface area contributed by atoms with Crippen LogP contribution in [0.15, 0.2) is 12.3 Å². The second-order valence-electron chi connectivity index (χ2n) is 4.18. The van der Waals surface area contributed by atoms with Crippen molar-refractivity contribution in [2.45, 2.75) is 18.8 Å². The molecule has 16 heavy (non-hydrogen) atoms. The number of aromatic amines is 1. The van der Waals surface area contributed by atoms with Crippen molar-refractivity contribution in [2.24, 2.45) is 0 Å². The molecule has 0 bridgehead atoms. The summed E-state index contributed by atoms with van der Waals surface area (Å²) in [4.78, 5) is 3.99. The Morgan fingerprint density at radius 3 is 2.94 bits per heavy atom. The van der Waals surface area contributed by atoms with E-state index in [-0.39, 0.29) is 5.82 Å². The van der Waals surface area contributed by atoms with E-state index in [1.807, 2.05) is 0 Å². The molecule has 4 nitrogen and oxygen atoms in total. The molecule has 2 aromatic heterocycles. The highest BCUT2D eigenvalue weighted by atomic mass is 19.1. The Bertz CT molecular complexity index is 502. The first kappa shape index (κ1) is 9.72. The number of rotatable bonds is 1. The summed E-state index contributed by atoms with van der Waals surface area (Å²) in [5.74, 6) is 0.114. The number of H-pyrrole nitrogens is 1. The summed E-state index contributed by atoms with van der Waals surface area (Å²) >= 11 is 0. The summed E-state index contributed by atoms with van der Waals surface area (Å²) in [7, 11) is 0. The van der Waals surface area contributed by atoms with Gasteiger partial charge in [-0.3, -0.25) is 5.10 Å². The van der Waals surface area contributed by atoms with Gasteiger partial charge in [0.25, 0.3) is 0 Å². The maximum Gasteiger partial charge on any atom is 0.155 e. The number of hydrogen-bond donors (Lipinski definition) is 2. The molecule has 0 aromatic carbocycles. The van der Waals surface area contributed by atoms with Crippen LogP contribution in [0.3, 0.4) is 0 Å². The van der Waals surface area contributed by atoms with E-state index in [2.05, 4.69) is 20.5 Å². The molecule has 5 heteroatoms. The fourth-order valence-corrected chi connectivity index (χ4v) is 2.30. The molecule has 0 radical (unpaired) electrons. The predicted octanol–water partition coefficient (Wildman–Crippen LogP) is 1.56. The molecule has 1 saturated heterocycles. The molecule has 1 aliphatic rings. The van der Waals surface area contributed by atoms with Crippen LogP contribution in [0.4, 0.5) is 4.39 Å². The lowest BCUT2D eigenvalue weighted by Gasteiger charge is -2.20. The van der Waals surface area contributed by atoms with Gasteiger partial charge in [0, 0.05) is 11.3 Å². The molecule has 0 atom stereocenters. The van der Waals surface area contributed by atoms with Gasteiger partial charge in [-0.15, -0.1) is 0 Å². The second-order valence-corrected chi connectivity index (χ2v) is 4.18. The highest BCUT2D eigenvalue weighted by Gasteiger charge is 2.20. The quantitative estimate of drug-likeness (QED) is 0.767. The number of nitrogens with one attached hydrogen (secondary N) is 2. The highest BCUT2D eigenvalue weighted by molar-refractivity contribution is 5.78. The maximum atomic E-state index is 13.1. The summed E-state index contributed by atoms with van der Waals surface area (Å²) in [5.41, 5.74) is 1.64. The van der Waals surface area contributed by atoms with Gasteiger partial charge in [0.2, 0.25) is 0 Å². The van der Waals surface area contributed by atoms with Gasteiger partial charge in [0.1, 0.15) is 5.82 Å². The lowest BCUT2D eigenvalue weighted by molar-refractivity contribution is 0.454. The first-order valence-corrected chi connectivity index (χ1v) is 5.55. The minimum absolute atomic E-state index is 0.302. The van der Waals surface area contributed by atoms with Crippen LogP contribution in [0.2, 0.25) is 0 Å². The van der Waals surface area contributed by atoms with Gasteiger partial charge < -0.3 is 5.32 Å². The molecule has 2 aromatic rings. The first-order chi connectivity index (χ1) is 7.84. The standard InChI is InChI=1S/C11H13FN4/c12-8-5-9-10(7-1-3-13-4-2-7)15-16-11(9)14-6-8/h5-7,13H,1-4H2,(H,14,15,16). The van der Waals surface area contributed by atoms with Crippen molar-refractivity contribution in [3.8, 4) is 0 Å². The average Bonchev–Trinajstić information content (AvgIpc) is 2.73. The Hall–Kier alpha value is -1.49. The van der Waals surface area contributed by atoms with E-state index < -0.39 is 0 Å². The van der Waals surface area contributed by atoms with Crippen molar-refractivity contribution in [2.75, 3.05) is 13.1 Å². The van der Waals surface area contributed by atoms with Crippen LogP contribution in [0.1, 0.15) is 24.5 Å². The Balaban J connectivity index is 2.05. The molecule has 0 unspecified atom stereocenters. The van der Waals surface area contributed by atoms with E-state index in [1.165, 1.54) is 12.3 Å². The van der Waals surface area contributed by atoms with Crippen LogP contribution in [0.5, 0.6) is 0 Å². The van der Waals surface area contributed by atoms with E-state index >= 15 is 0 Å². The Labute approximate surface area is 92.3 Å². The van der Waals surface area contributed by atoms with Gasteiger partial charge in [-0.1, -0.05) is 0 Å². The number of nitrogens with zero attached hydrogens (tertiary/aromatic N) is 2. The van der Waals surface area contributed by atoms with Gasteiger partial charge in [0.05, 0.1) is 11.9 Å². The van der Waals surface area contributed by atoms with Gasteiger partial charge >= 0.3 is 0 Å². The Morgan fingerprint density at radius 2 is 2.12 bits per heavy atom. The van der Waals surface area contributed by atoms with Crippen molar-refractivity contribution < 1.29 is 4.39 Å². The molecular weight excluding hydrogens is 207 g/mol. The zero-order chi connectivity index (χ0) is 11.0. The van der Waals surface area contributed by atoms with E-state index in [0.29, 0.717) is 11.6 Å². The zero-order valence-corrected chi connectivity index (χ0v) is 8.83. The third-order valence-corrected chi connectivity index (χ3v) is 3.14. The molecule has 1 aliphatic heterocycles. The van der Waals surface area contributed by atoms with Crippen molar-refractivity contribution >= 4 is 11.0 Å². The zero-order valence-electron chi connectivity index (χ0n) is 8.83. The monoisotopic (exact) mass is 220 g/mol. The molecule has 3 rings (SSSR count). The van der Waals surface area contributed by atoms with Gasteiger partial charge in [-0.25, -0.2) is 9.37 Å². The molecule has 3 heterocycles. The number of aromatic nitrogens is 3. The van der Waals surface area contributed by atoms with E-state index in [4.69, 9.17) is 0 Å². The number of piperidine rings is 1. The highest BCUT2D eigenvalue weighted by Crippen LogP contribution is 2.28. The minimum atomic E-state index is -0.302. The summed E-state index contributed by atoms with van der Waals surface area (Å²) in [6.07, 6.45) is 3.32. The van der Waals surface area contributed by atoms with E-state index in [0.717, 1.165) is 37.0 Å². The normalized spacial score (nSPS) is 18.1. The van der Waals surface area contributed by atoms with Crippen LogP contribution in [-0.4, -0.2) is 28.3 Å². The first-order valence-electron chi connectivity index (χ1n) is 5.55. The van der Waals surface area contributed by atoms with Crippen molar-refractivity contribution in [1.29, 1.82) is 0 Å². The third-order valence-electron chi connectivity index (χ3n) is 3.14. The smallest absolute Gasteiger partial charge is 0.155 e. The molecule has 1 fully saturated rings. The summed E-state index contributed by atoms with van der Waals surface area (Å²) in [5, 5.41) is 11.3. The number of fused-ring (bicyclic) bond motifs is 1. The van der Waals surface area contributed by atoms with Crippen molar-refractivity contribution in [3.63, 3.8) is 0 Å². The number of pyridine rings is 1. The van der Waals surface area contributed by atoms with E-state index in [9.17, 15) is 4.39 Å². The topological polar surface area (TPSA) is 53.6 Å². The molecule has 0 aliphatic carbocycles. The Kier molecular flexibility index (Phi) is 2.32. The molecule has 0 saturated carbocycles. The fourth-order valence-electron chi connectivity index (χ4n) is 2.30. The lowest BCUT2D eigenvalue weighted by atomic mass is 9.93.